The summed E-state index contributed by atoms with van der Waals surface area (Å²) in [5.74, 6) is 0.233. The molecule has 2 heterocycles. The van der Waals surface area contributed by atoms with Crippen molar-refractivity contribution < 1.29 is 0 Å². The van der Waals surface area contributed by atoms with Crippen LogP contribution in [-0.2, 0) is 12.8 Å². The fourth-order valence-electron chi connectivity index (χ4n) is 11.7. The Morgan fingerprint density at radius 3 is 2.21 bits per heavy atom. The molecule has 0 aliphatic heterocycles. The number of fused-ring (bicyclic) bond motifs is 12. The van der Waals surface area contributed by atoms with Gasteiger partial charge in [-0.05, 0) is 161 Å². The van der Waals surface area contributed by atoms with Crippen LogP contribution in [0.2, 0.25) is 0 Å². The van der Waals surface area contributed by atoms with Crippen molar-refractivity contribution in [1.29, 1.82) is 0 Å². The Hall–Kier alpha value is -8.33. The normalized spacial score (nSPS) is 15.0. The number of para-hydroxylation sites is 3. The van der Waals surface area contributed by atoms with Crippen LogP contribution in [0.5, 0.6) is 0 Å². The van der Waals surface area contributed by atoms with Crippen molar-refractivity contribution in [3.63, 3.8) is 0 Å². The van der Waals surface area contributed by atoms with E-state index in [2.05, 4.69) is 229 Å². The van der Waals surface area contributed by atoms with Crippen LogP contribution < -0.4 is 10.4 Å². The van der Waals surface area contributed by atoms with Gasteiger partial charge in [0.05, 0.1) is 16.6 Å². The molecule has 14 rings (SSSR count). The fourth-order valence-corrected chi connectivity index (χ4v) is 11.7. The largest absolute Gasteiger partial charge is 0.292 e. The maximum atomic E-state index is 5.19. The quantitative estimate of drug-likeness (QED) is 0.168. The van der Waals surface area contributed by atoms with Crippen LogP contribution >= 0.6 is 0 Å². The van der Waals surface area contributed by atoms with Crippen molar-refractivity contribution in [1.82, 2.24) is 9.38 Å². The first-order valence-electron chi connectivity index (χ1n) is 24.2. The number of benzene rings is 9. The van der Waals surface area contributed by atoms with Crippen LogP contribution in [0.15, 0.2) is 200 Å². The highest BCUT2D eigenvalue weighted by Crippen LogP contribution is 2.46. The lowest BCUT2D eigenvalue weighted by atomic mass is 9.79. The Labute approximate surface area is 395 Å². The monoisotopic (exact) mass is 866 g/mol. The summed E-state index contributed by atoms with van der Waals surface area (Å²) in [6, 6.07) is 65.8. The zero-order valence-electron chi connectivity index (χ0n) is 37.7. The van der Waals surface area contributed by atoms with Gasteiger partial charge in [-0.15, -0.1) is 0 Å². The molecular formula is C66H46N2. The van der Waals surface area contributed by atoms with Crippen LogP contribution in [0.4, 0.5) is 0 Å². The molecule has 0 saturated heterocycles. The van der Waals surface area contributed by atoms with Crippen molar-refractivity contribution in [3.05, 3.63) is 238 Å². The molecule has 3 aliphatic carbocycles. The van der Waals surface area contributed by atoms with Gasteiger partial charge in [-0.1, -0.05) is 188 Å². The van der Waals surface area contributed by atoms with Gasteiger partial charge < -0.3 is 0 Å². The predicted molar refractivity (Wildman–Crippen MR) is 288 cm³/mol. The van der Waals surface area contributed by atoms with Crippen LogP contribution in [0.1, 0.15) is 46.6 Å². The second kappa shape index (κ2) is 15.6. The number of pyridine rings is 1. The van der Waals surface area contributed by atoms with E-state index in [-0.39, 0.29) is 5.92 Å². The Bertz CT molecular complexity index is 4140. The minimum atomic E-state index is 0.233. The molecule has 0 spiro atoms. The van der Waals surface area contributed by atoms with Crippen molar-refractivity contribution >= 4 is 73.4 Å². The Morgan fingerprint density at radius 1 is 0.485 bits per heavy atom. The maximum absolute atomic E-state index is 5.19. The number of aromatic nitrogens is 2. The Kier molecular flexibility index (Phi) is 8.95. The molecule has 1 atom stereocenters. The van der Waals surface area contributed by atoms with Gasteiger partial charge in [-0.3, -0.25) is 4.40 Å². The van der Waals surface area contributed by atoms with E-state index >= 15 is 0 Å². The summed E-state index contributed by atoms with van der Waals surface area (Å²) in [4.78, 5) is 5.19. The first-order valence-corrected chi connectivity index (χ1v) is 24.2. The summed E-state index contributed by atoms with van der Waals surface area (Å²) >= 11 is 0. The minimum Gasteiger partial charge on any atom is -0.292 e. The molecular weight excluding hydrogens is 821 g/mol. The lowest BCUT2D eigenvalue weighted by Crippen LogP contribution is -2.23. The summed E-state index contributed by atoms with van der Waals surface area (Å²) in [5, 5.41) is 8.99. The van der Waals surface area contributed by atoms with Crippen molar-refractivity contribution in [3.8, 4) is 44.5 Å². The van der Waals surface area contributed by atoms with Gasteiger partial charge in [0, 0.05) is 16.9 Å². The molecule has 0 fully saturated rings. The van der Waals surface area contributed by atoms with Crippen molar-refractivity contribution in [2.24, 2.45) is 0 Å². The molecule has 1 unspecified atom stereocenters. The first kappa shape index (κ1) is 38.9. The van der Waals surface area contributed by atoms with E-state index in [0.29, 0.717) is 0 Å². The molecule has 320 valence electrons. The average Bonchev–Trinajstić information content (AvgIpc) is 3.64. The summed E-state index contributed by atoms with van der Waals surface area (Å²) in [7, 11) is 0. The third kappa shape index (κ3) is 6.28. The minimum absolute atomic E-state index is 0.233. The van der Waals surface area contributed by atoms with E-state index in [0.717, 1.165) is 42.4 Å². The van der Waals surface area contributed by atoms with E-state index < -0.39 is 0 Å². The molecule has 0 saturated carbocycles. The third-order valence-corrected chi connectivity index (χ3v) is 15.0. The number of imidazole rings is 1. The van der Waals surface area contributed by atoms with E-state index in [1.807, 2.05) is 0 Å². The van der Waals surface area contributed by atoms with E-state index in [9.17, 15) is 0 Å². The predicted octanol–water partition coefficient (Wildman–Crippen LogP) is 15.4. The smallest absolute Gasteiger partial charge is 0.146 e. The zero-order chi connectivity index (χ0) is 44.7. The molecule has 0 radical (unpaired) electrons. The molecule has 0 N–H and O–H groups in total. The molecule has 9 aromatic carbocycles. The summed E-state index contributed by atoms with van der Waals surface area (Å²) < 4.78 is 2.35. The lowest BCUT2D eigenvalue weighted by Gasteiger charge is -2.25. The number of allylic oxidation sites excluding steroid dienone is 4. The van der Waals surface area contributed by atoms with Crippen LogP contribution in [-0.4, -0.2) is 9.38 Å². The zero-order valence-corrected chi connectivity index (χ0v) is 37.7. The third-order valence-electron chi connectivity index (χ3n) is 15.0. The maximum Gasteiger partial charge on any atom is 0.146 e. The number of nitrogens with zero attached hydrogens (tertiary/aromatic N) is 2. The SMILES string of the molecule is C1=CCC=c2cc(-c3c4c(c(-c5ccc(-c6ccc7ccccc7c6)cc5)c5ccc(-c6cccc(C7C=Cc8c(c9ccccc9n9c8nc8ccccc89)C7)c6)cc35)CCC=C4)ccc2=C1. The van der Waals surface area contributed by atoms with Crippen LogP contribution in [0, 0.1) is 0 Å². The highest BCUT2D eigenvalue weighted by molar-refractivity contribution is 6.11. The van der Waals surface area contributed by atoms with E-state index in [4.69, 9.17) is 4.98 Å². The first-order chi connectivity index (χ1) is 33.7. The van der Waals surface area contributed by atoms with Gasteiger partial charge in [0.25, 0.3) is 0 Å². The van der Waals surface area contributed by atoms with Crippen molar-refractivity contribution in [2.75, 3.05) is 0 Å². The Morgan fingerprint density at radius 2 is 1.26 bits per heavy atom. The van der Waals surface area contributed by atoms with Gasteiger partial charge in [0.1, 0.15) is 5.65 Å². The highest BCUT2D eigenvalue weighted by atomic mass is 15.0. The van der Waals surface area contributed by atoms with Gasteiger partial charge >= 0.3 is 0 Å². The van der Waals surface area contributed by atoms with Crippen LogP contribution in [0.25, 0.3) is 118 Å². The summed E-state index contributed by atoms with van der Waals surface area (Å²) in [5.41, 5.74) is 21.3. The molecule has 2 nitrogen and oxygen atoms in total. The van der Waals surface area contributed by atoms with E-state index in [1.165, 1.54) is 115 Å². The van der Waals surface area contributed by atoms with Gasteiger partial charge in [0.2, 0.25) is 0 Å². The second-order valence-electron chi connectivity index (χ2n) is 18.8. The molecule has 0 amide bonds. The van der Waals surface area contributed by atoms with Crippen LogP contribution in [0.3, 0.4) is 0 Å². The molecule has 2 heteroatoms. The topological polar surface area (TPSA) is 17.3 Å². The number of hydrogen-bond donors (Lipinski definition) is 0. The molecule has 3 aliphatic rings. The van der Waals surface area contributed by atoms with Crippen molar-refractivity contribution in [2.45, 2.75) is 31.6 Å². The summed E-state index contributed by atoms with van der Waals surface area (Å²) in [6.07, 6.45) is 22.5. The standard InChI is InChI=1S/C66H46N2/c1-2-13-42-28-32-53(39-47(42)15-3-1)65-56-21-7-6-20-55(56)64(45-29-25-44(26-30-45)50-31-27-43-14-4-5-16-46(43)37-50)57-35-33-52(41-60(57)65)49-18-12-17-48(38-49)51-34-36-58-59(40-51)54-19-8-10-23-62(54)68-63-24-11-9-22-61(63)67-66(58)68/h1-2,4-5,7-19,21-39,41,51H,3,6,20,40H2. The average molecular weight is 867 g/mol. The fraction of sp³-hybridized carbons (Fsp3) is 0.0758. The molecule has 0 bridgehead atoms. The van der Waals surface area contributed by atoms with Gasteiger partial charge in [-0.2, -0.15) is 0 Å². The lowest BCUT2D eigenvalue weighted by molar-refractivity contribution is 0.832. The number of rotatable bonds is 5. The molecule has 11 aromatic rings. The number of hydrogen-bond acceptors (Lipinski definition) is 1. The molecule has 2 aromatic heterocycles. The van der Waals surface area contributed by atoms with Gasteiger partial charge in [-0.25, -0.2) is 4.98 Å². The summed E-state index contributed by atoms with van der Waals surface area (Å²) in [6.45, 7) is 0. The highest BCUT2D eigenvalue weighted by Gasteiger charge is 2.25. The van der Waals surface area contributed by atoms with E-state index in [1.54, 1.807) is 0 Å². The second-order valence-corrected chi connectivity index (χ2v) is 18.8. The Balaban J connectivity index is 0.913. The van der Waals surface area contributed by atoms with Gasteiger partial charge in [0.15, 0.2) is 0 Å². The molecule has 68 heavy (non-hydrogen) atoms.